The van der Waals surface area contributed by atoms with Crippen molar-refractivity contribution < 1.29 is 4.79 Å². The Balaban J connectivity index is 2.59. The van der Waals surface area contributed by atoms with Gasteiger partial charge in [0.15, 0.2) is 0 Å². The van der Waals surface area contributed by atoms with Gasteiger partial charge in [0.2, 0.25) is 0 Å². The fourth-order valence-electron chi connectivity index (χ4n) is 1.49. The van der Waals surface area contributed by atoms with Gasteiger partial charge in [-0.15, -0.1) is 0 Å². The number of rotatable bonds is 2. The minimum Gasteiger partial charge on any atom is -0.346 e. The van der Waals surface area contributed by atoms with Gasteiger partial charge in [-0.05, 0) is 19.3 Å². The first-order valence-corrected chi connectivity index (χ1v) is 5.77. The minimum atomic E-state index is -1.89. The van der Waals surface area contributed by atoms with Crippen LogP contribution in [0.1, 0.15) is 19.3 Å². The van der Waals surface area contributed by atoms with Crippen molar-refractivity contribution in [1.29, 1.82) is 0 Å². The second-order valence-electron chi connectivity index (χ2n) is 3.42. The molecule has 1 rings (SSSR count). The molecule has 2 nitrogen and oxygen atoms in total. The lowest BCUT2D eigenvalue weighted by Gasteiger charge is -2.22. The quantitative estimate of drug-likeness (QED) is 0.766. The highest BCUT2D eigenvalue weighted by Crippen LogP contribution is 2.27. The summed E-state index contributed by atoms with van der Waals surface area (Å²) in [6.45, 7) is 3.69. The number of alkyl halides is 3. The molecule has 15 heavy (non-hydrogen) atoms. The molecular formula is C10H12Cl3NO. The van der Waals surface area contributed by atoms with Crippen LogP contribution in [0.3, 0.4) is 0 Å². The maximum absolute atomic E-state index is 11.4. The van der Waals surface area contributed by atoms with Gasteiger partial charge in [-0.25, -0.2) is 0 Å². The summed E-state index contributed by atoms with van der Waals surface area (Å²) in [4.78, 5) is 11.4. The Morgan fingerprint density at radius 1 is 1.60 bits per heavy atom. The third-order valence-corrected chi connectivity index (χ3v) is 2.75. The van der Waals surface area contributed by atoms with Crippen LogP contribution < -0.4 is 5.32 Å². The molecule has 1 amide bonds. The molecule has 0 saturated carbocycles. The predicted molar refractivity (Wildman–Crippen MR) is 64.4 cm³/mol. The molecule has 0 aromatic rings. The summed E-state index contributed by atoms with van der Waals surface area (Å²) in [6, 6.07) is -0.0603. The van der Waals surface area contributed by atoms with E-state index in [9.17, 15) is 4.79 Å². The molecule has 1 aliphatic rings. The number of carbonyl (C=O) groups excluding carboxylic acids is 1. The fourth-order valence-corrected chi connectivity index (χ4v) is 1.65. The van der Waals surface area contributed by atoms with Crippen LogP contribution in [0, 0.1) is 0 Å². The number of hydrogen-bond acceptors (Lipinski definition) is 1. The van der Waals surface area contributed by atoms with Crippen LogP contribution in [0.15, 0.2) is 24.3 Å². The topological polar surface area (TPSA) is 29.1 Å². The summed E-state index contributed by atoms with van der Waals surface area (Å²) in [5.74, 6) is -0.584. The van der Waals surface area contributed by atoms with Crippen LogP contribution in [0.25, 0.3) is 0 Å². The van der Waals surface area contributed by atoms with E-state index < -0.39 is 9.70 Å². The Hall–Kier alpha value is -0.180. The zero-order chi connectivity index (χ0) is 11.5. The highest BCUT2D eigenvalue weighted by Gasteiger charge is 2.32. The molecule has 0 aliphatic heterocycles. The summed E-state index contributed by atoms with van der Waals surface area (Å²) >= 11 is 16.4. The predicted octanol–water partition coefficient (Wildman–Crippen LogP) is 3.14. The lowest BCUT2D eigenvalue weighted by Crippen LogP contribution is -2.41. The second kappa shape index (κ2) is 5.24. The van der Waals surface area contributed by atoms with Gasteiger partial charge in [0.05, 0.1) is 0 Å². The van der Waals surface area contributed by atoms with E-state index in [1.165, 1.54) is 0 Å². The summed E-state index contributed by atoms with van der Waals surface area (Å²) in [7, 11) is 0. The van der Waals surface area contributed by atoms with Crippen molar-refractivity contribution >= 4 is 40.7 Å². The third-order valence-electron chi connectivity index (χ3n) is 2.23. The standard InChI is InChI=1S/C10H12Cl3NO/c1-2-7-4-3-5-8(6-7)14-9(15)10(11,12)13/h2,6,8H,1,3-5H2,(H,14,15). The maximum atomic E-state index is 11.4. The molecule has 0 radical (unpaired) electrons. The third kappa shape index (κ3) is 4.06. The number of amides is 1. The Bertz CT molecular complexity index is 294. The average molecular weight is 269 g/mol. The van der Waals surface area contributed by atoms with Gasteiger partial charge in [-0.2, -0.15) is 0 Å². The highest BCUT2D eigenvalue weighted by atomic mass is 35.6. The minimum absolute atomic E-state index is 0.0603. The first-order chi connectivity index (χ1) is 6.93. The zero-order valence-electron chi connectivity index (χ0n) is 8.10. The molecule has 0 saturated heterocycles. The molecular weight excluding hydrogens is 256 g/mol. The van der Waals surface area contributed by atoms with Gasteiger partial charge in [-0.3, -0.25) is 4.79 Å². The molecule has 84 valence electrons. The van der Waals surface area contributed by atoms with E-state index in [-0.39, 0.29) is 6.04 Å². The number of halogens is 3. The van der Waals surface area contributed by atoms with Crippen molar-refractivity contribution in [3.8, 4) is 0 Å². The van der Waals surface area contributed by atoms with Gasteiger partial charge in [0.1, 0.15) is 0 Å². The molecule has 5 heteroatoms. The molecule has 1 aliphatic carbocycles. The van der Waals surface area contributed by atoms with Crippen LogP contribution in [0.4, 0.5) is 0 Å². The molecule has 0 fully saturated rings. The summed E-state index contributed by atoms with van der Waals surface area (Å²) in [5, 5.41) is 2.66. The van der Waals surface area contributed by atoms with Crippen LogP contribution in [0.5, 0.6) is 0 Å². The van der Waals surface area contributed by atoms with E-state index >= 15 is 0 Å². The monoisotopic (exact) mass is 267 g/mol. The van der Waals surface area contributed by atoms with E-state index in [1.807, 2.05) is 6.08 Å². The van der Waals surface area contributed by atoms with Crippen LogP contribution in [-0.2, 0) is 4.79 Å². The average Bonchev–Trinajstić information content (AvgIpc) is 2.16. The lowest BCUT2D eigenvalue weighted by molar-refractivity contribution is -0.120. The van der Waals surface area contributed by atoms with Crippen molar-refractivity contribution in [2.45, 2.75) is 29.1 Å². The second-order valence-corrected chi connectivity index (χ2v) is 5.70. The first kappa shape index (κ1) is 12.9. The Morgan fingerprint density at radius 3 is 2.80 bits per heavy atom. The molecule has 1 atom stereocenters. The van der Waals surface area contributed by atoms with Gasteiger partial charge in [0, 0.05) is 6.04 Å². The molecule has 0 heterocycles. The van der Waals surface area contributed by atoms with E-state index in [2.05, 4.69) is 11.9 Å². The lowest BCUT2D eigenvalue weighted by atomic mass is 9.96. The van der Waals surface area contributed by atoms with Crippen molar-refractivity contribution in [3.63, 3.8) is 0 Å². The Labute approximate surface area is 104 Å². The van der Waals surface area contributed by atoms with Crippen LogP contribution in [-0.4, -0.2) is 15.7 Å². The van der Waals surface area contributed by atoms with E-state index in [0.29, 0.717) is 0 Å². The number of carbonyl (C=O) groups is 1. The molecule has 0 aromatic heterocycles. The molecule has 0 aromatic carbocycles. The van der Waals surface area contributed by atoms with Gasteiger partial charge in [-0.1, -0.05) is 59.1 Å². The number of allylic oxidation sites excluding steroid dienone is 2. The van der Waals surface area contributed by atoms with Crippen molar-refractivity contribution in [2.24, 2.45) is 0 Å². The maximum Gasteiger partial charge on any atom is 0.272 e. The molecule has 1 unspecified atom stereocenters. The van der Waals surface area contributed by atoms with Crippen molar-refractivity contribution in [3.05, 3.63) is 24.3 Å². The molecule has 0 bridgehead atoms. The summed E-state index contributed by atoms with van der Waals surface area (Å²) in [6.07, 6.45) is 6.59. The smallest absolute Gasteiger partial charge is 0.272 e. The van der Waals surface area contributed by atoms with Crippen LogP contribution in [0.2, 0.25) is 0 Å². The van der Waals surface area contributed by atoms with E-state index in [0.717, 1.165) is 24.8 Å². The van der Waals surface area contributed by atoms with Crippen LogP contribution >= 0.6 is 34.8 Å². The fraction of sp³-hybridized carbons (Fsp3) is 0.500. The van der Waals surface area contributed by atoms with Gasteiger partial charge in [0.25, 0.3) is 9.70 Å². The van der Waals surface area contributed by atoms with E-state index in [4.69, 9.17) is 34.8 Å². The largest absolute Gasteiger partial charge is 0.346 e. The van der Waals surface area contributed by atoms with Gasteiger partial charge < -0.3 is 5.32 Å². The number of hydrogen-bond donors (Lipinski definition) is 1. The van der Waals surface area contributed by atoms with Crippen molar-refractivity contribution in [2.75, 3.05) is 0 Å². The van der Waals surface area contributed by atoms with E-state index in [1.54, 1.807) is 6.08 Å². The van der Waals surface area contributed by atoms with Crippen molar-refractivity contribution in [1.82, 2.24) is 5.32 Å². The SMILES string of the molecule is C=CC1=CC(NC(=O)C(Cl)(Cl)Cl)CCC1. The Morgan fingerprint density at radius 2 is 2.27 bits per heavy atom. The summed E-state index contributed by atoms with van der Waals surface area (Å²) < 4.78 is -1.89. The summed E-state index contributed by atoms with van der Waals surface area (Å²) in [5.41, 5.74) is 1.12. The van der Waals surface area contributed by atoms with Gasteiger partial charge >= 0.3 is 0 Å². The molecule has 0 spiro atoms. The highest BCUT2D eigenvalue weighted by molar-refractivity contribution is 6.76. The Kier molecular flexibility index (Phi) is 4.50. The zero-order valence-corrected chi connectivity index (χ0v) is 10.4. The first-order valence-electron chi connectivity index (χ1n) is 4.64. The molecule has 1 N–H and O–H groups in total. The number of nitrogens with one attached hydrogen (secondary N) is 1. The normalized spacial score (nSPS) is 21.8.